The number of carbonyl (C=O) groups excluding carboxylic acids is 1. The summed E-state index contributed by atoms with van der Waals surface area (Å²) in [6.45, 7) is 2.35. The van der Waals surface area contributed by atoms with Crippen molar-refractivity contribution in [3.63, 3.8) is 0 Å². The largest absolute Gasteiger partial charge is 0.416 e. The predicted molar refractivity (Wildman–Crippen MR) is 101 cm³/mol. The molecule has 1 amide bonds. The van der Waals surface area contributed by atoms with Gasteiger partial charge in [-0.2, -0.15) is 13.2 Å². The number of aryl methyl sites for hydroxylation is 1. The van der Waals surface area contributed by atoms with Crippen molar-refractivity contribution in [2.24, 2.45) is 0 Å². The van der Waals surface area contributed by atoms with Crippen molar-refractivity contribution in [1.82, 2.24) is 4.90 Å². The number of rotatable bonds is 3. The number of halogens is 3. The summed E-state index contributed by atoms with van der Waals surface area (Å²) in [5.41, 5.74) is 1.89. The van der Waals surface area contributed by atoms with E-state index in [0.29, 0.717) is 21.3 Å². The van der Waals surface area contributed by atoms with Crippen LogP contribution in [0.1, 0.15) is 22.3 Å². The van der Waals surface area contributed by atoms with E-state index in [9.17, 15) is 18.0 Å². The van der Waals surface area contributed by atoms with E-state index < -0.39 is 11.7 Å². The third-order valence-corrected chi connectivity index (χ3v) is 5.25. The number of hydrogen-bond acceptors (Lipinski definition) is 3. The molecule has 2 nitrogen and oxygen atoms in total. The molecule has 0 radical (unpaired) electrons. The van der Waals surface area contributed by atoms with Crippen LogP contribution in [0.5, 0.6) is 0 Å². The Morgan fingerprint density at radius 2 is 1.69 bits per heavy atom. The molecule has 134 valence electrons. The van der Waals surface area contributed by atoms with Crippen LogP contribution < -0.4 is 0 Å². The predicted octanol–water partition coefficient (Wildman–Crippen LogP) is 5.42. The van der Waals surface area contributed by atoms with E-state index in [1.165, 1.54) is 17.0 Å². The summed E-state index contributed by atoms with van der Waals surface area (Å²) in [7, 11) is 0. The van der Waals surface area contributed by atoms with E-state index >= 15 is 0 Å². The van der Waals surface area contributed by atoms with E-state index in [1.807, 2.05) is 31.2 Å². The maximum Gasteiger partial charge on any atom is 0.416 e. The van der Waals surface area contributed by atoms with Gasteiger partial charge in [-0.25, -0.2) is 0 Å². The van der Waals surface area contributed by atoms with Crippen molar-refractivity contribution >= 4 is 40.3 Å². The van der Waals surface area contributed by atoms with Gasteiger partial charge in [-0.05, 0) is 36.3 Å². The Bertz CT molecular complexity index is 871. The normalized spacial score (nSPS) is 16.6. The third kappa shape index (κ3) is 4.16. The molecule has 0 bridgehead atoms. The molecular formula is C19H14F3NOS2. The number of carbonyl (C=O) groups is 1. The molecule has 0 spiro atoms. The van der Waals surface area contributed by atoms with Crippen LogP contribution in [0.3, 0.4) is 0 Å². The third-order valence-electron chi connectivity index (χ3n) is 3.87. The van der Waals surface area contributed by atoms with Gasteiger partial charge in [0, 0.05) is 0 Å². The zero-order valence-corrected chi connectivity index (χ0v) is 15.3. The SMILES string of the molecule is Cc1ccc(CN2C(=O)/C(=C/c3ccc(C(F)(F)F)cc3)SC2=S)cc1. The fourth-order valence-electron chi connectivity index (χ4n) is 2.43. The highest BCUT2D eigenvalue weighted by Crippen LogP contribution is 2.34. The first kappa shape index (κ1) is 18.7. The van der Waals surface area contributed by atoms with Crippen molar-refractivity contribution in [2.45, 2.75) is 19.6 Å². The summed E-state index contributed by atoms with van der Waals surface area (Å²) < 4.78 is 38.3. The van der Waals surface area contributed by atoms with Crippen molar-refractivity contribution < 1.29 is 18.0 Å². The summed E-state index contributed by atoms with van der Waals surface area (Å²) in [6.07, 6.45) is -2.81. The average Bonchev–Trinajstić information content (AvgIpc) is 2.84. The maximum atomic E-state index is 12.6. The van der Waals surface area contributed by atoms with Gasteiger partial charge in [0.25, 0.3) is 5.91 Å². The van der Waals surface area contributed by atoms with Gasteiger partial charge in [0.05, 0.1) is 17.0 Å². The number of thiocarbonyl (C=S) groups is 1. The number of amides is 1. The van der Waals surface area contributed by atoms with Crippen LogP contribution >= 0.6 is 24.0 Å². The van der Waals surface area contributed by atoms with E-state index in [2.05, 4.69) is 0 Å². The van der Waals surface area contributed by atoms with Crippen LogP contribution in [0.4, 0.5) is 13.2 Å². The second-order valence-corrected chi connectivity index (χ2v) is 7.55. The van der Waals surface area contributed by atoms with Crippen LogP contribution in [0.15, 0.2) is 53.4 Å². The highest BCUT2D eigenvalue weighted by atomic mass is 32.2. The number of alkyl halides is 3. The van der Waals surface area contributed by atoms with Gasteiger partial charge in [0.15, 0.2) is 0 Å². The molecule has 3 rings (SSSR count). The molecule has 0 aliphatic carbocycles. The van der Waals surface area contributed by atoms with E-state index in [-0.39, 0.29) is 5.91 Å². The zero-order chi connectivity index (χ0) is 18.9. The Morgan fingerprint density at radius 1 is 1.08 bits per heavy atom. The molecule has 2 aromatic rings. The summed E-state index contributed by atoms with van der Waals surface area (Å²) in [5, 5.41) is 0. The lowest BCUT2D eigenvalue weighted by Crippen LogP contribution is -2.27. The molecule has 0 aromatic heterocycles. The van der Waals surface area contributed by atoms with Crippen molar-refractivity contribution in [3.05, 3.63) is 75.7 Å². The summed E-state index contributed by atoms with van der Waals surface area (Å²) >= 11 is 6.44. The lowest BCUT2D eigenvalue weighted by atomic mass is 10.1. The Hall–Kier alpha value is -2.12. The van der Waals surface area contributed by atoms with Crippen LogP contribution in [0.25, 0.3) is 6.08 Å². The zero-order valence-electron chi connectivity index (χ0n) is 13.7. The summed E-state index contributed by atoms with van der Waals surface area (Å²) in [5.74, 6) is -0.236. The molecule has 0 atom stereocenters. The van der Waals surface area contributed by atoms with Crippen molar-refractivity contribution in [1.29, 1.82) is 0 Å². The Kier molecular flexibility index (Phi) is 5.20. The molecule has 1 saturated heterocycles. The first-order valence-electron chi connectivity index (χ1n) is 7.72. The maximum absolute atomic E-state index is 12.6. The Labute approximate surface area is 158 Å². The molecule has 1 aliphatic rings. The summed E-state index contributed by atoms with van der Waals surface area (Å²) in [6, 6.07) is 12.5. The van der Waals surface area contributed by atoms with Gasteiger partial charge in [0.1, 0.15) is 4.32 Å². The highest BCUT2D eigenvalue weighted by molar-refractivity contribution is 8.26. The average molecular weight is 393 g/mol. The monoisotopic (exact) mass is 393 g/mol. The highest BCUT2D eigenvalue weighted by Gasteiger charge is 2.32. The topological polar surface area (TPSA) is 20.3 Å². The quantitative estimate of drug-likeness (QED) is 0.513. The Balaban J connectivity index is 1.77. The second kappa shape index (κ2) is 7.25. The molecule has 0 unspecified atom stereocenters. The molecule has 0 N–H and O–H groups in total. The van der Waals surface area contributed by atoms with E-state index in [4.69, 9.17) is 12.2 Å². The second-order valence-electron chi connectivity index (χ2n) is 5.87. The van der Waals surface area contributed by atoms with Gasteiger partial charge >= 0.3 is 6.18 Å². The number of hydrogen-bond donors (Lipinski definition) is 0. The van der Waals surface area contributed by atoms with E-state index in [1.54, 1.807) is 6.08 Å². The smallest absolute Gasteiger partial charge is 0.288 e. The fraction of sp³-hybridized carbons (Fsp3) is 0.158. The van der Waals surface area contributed by atoms with Crippen molar-refractivity contribution in [3.8, 4) is 0 Å². The van der Waals surface area contributed by atoms with Crippen LogP contribution in [-0.2, 0) is 17.5 Å². The molecule has 2 aromatic carbocycles. The molecular weight excluding hydrogens is 379 g/mol. The van der Waals surface area contributed by atoms with Gasteiger partial charge in [-0.1, -0.05) is 65.9 Å². The van der Waals surface area contributed by atoms with E-state index in [0.717, 1.165) is 35.0 Å². The lowest BCUT2D eigenvalue weighted by molar-refractivity contribution is -0.137. The lowest BCUT2D eigenvalue weighted by Gasteiger charge is -2.14. The minimum absolute atomic E-state index is 0.236. The first-order chi connectivity index (χ1) is 12.2. The summed E-state index contributed by atoms with van der Waals surface area (Å²) in [4.78, 5) is 14.5. The van der Waals surface area contributed by atoms with Crippen LogP contribution in [0, 0.1) is 6.92 Å². The molecule has 0 saturated carbocycles. The molecule has 7 heteroatoms. The molecule has 26 heavy (non-hydrogen) atoms. The Morgan fingerprint density at radius 3 is 2.27 bits per heavy atom. The minimum Gasteiger partial charge on any atom is -0.288 e. The van der Waals surface area contributed by atoms with Crippen molar-refractivity contribution in [2.75, 3.05) is 0 Å². The fourth-order valence-corrected chi connectivity index (χ4v) is 3.69. The number of thioether (sulfide) groups is 1. The van der Waals surface area contributed by atoms with Gasteiger partial charge in [-0.3, -0.25) is 9.69 Å². The minimum atomic E-state index is -4.38. The van der Waals surface area contributed by atoms with Gasteiger partial charge in [-0.15, -0.1) is 0 Å². The molecule has 1 heterocycles. The first-order valence-corrected chi connectivity index (χ1v) is 8.95. The number of benzene rings is 2. The van der Waals surface area contributed by atoms with Crippen LogP contribution in [-0.4, -0.2) is 15.1 Å². The molecule has 1 fully saturated rings. The standard InChI is InChI=1S/C19H14F3NOS2/c1-12-2-4-14(5-3-12)11-23-17(24)16(26-18(23)25)10-13-6-8-15(9-7-13)19(20,21)22/h2-10H,11H2,1H3/b16-10-. The number of nitrogens with zero attached hydrogens (tertiary/aromatic N) is 1. The van der Waals surface area contributed by atoms with Gasteiger partial charge in [0.2, 0.25) is 0 Å². The van der Waals surface area contributed by atoms with Crippen LogP contribution in [0.2, 0.25) is 0 Å². The van der Waals surface area contributed by atoms with Gasteiger partial charge < -0.3 is 0 Å². The molecule has 1 aliphatic heterocycles.